The second kappa shape index (κ2) is 4.13. The fourth-order valence-electron chi connectivity index (χ4n) is 2.38. The number of aliphatic imine (C=N–C) groups is 1. The molecule has 0 spiro atoms. The number of allylic oxidation sites excluding steroid dienone is 2. The summed E-state index contributed by atoms with van der Waals surface area (Å²) < 4.78 is 0. The normalized spacial score (nSPS) is 29.6. The van der Waals surface area contributed by atoms with Crippen LogP contribution in [0.4, 0.5) is 0 Å². The zero-order valence-electron chi connectivity index (χ0n) is 9.34. The molecule has 17 heavy (non-hydrogen) atoms. The van der Waals surface area contributed by atoms with E-state index in [1.54, 1.807) is 18.7 Å². The third-order valence-electron chi connectivity index (χ3n) is 3.27. The van der Waals surface area contributed by atoms with E-state index >= 15 is 0 Å². The lowest BCUT2D eigenvalue weighted by Crippen LogP contribution is -2.33. The molecule has 2 unspecified atom stereocenters. The molecular formula is C13H13N3O. The third-order valence-corrected chi connectivity index (χ3v) is 3.27. The number of nitrogens with zero attached hydrogens (tertiary/aromatic N) is 2. The Bertz CT molecular complexity index is 511. The summed E-state index contributed by atoms with van der Waals surface area (Å²) in [4.78, 5) is 23.6. The SMILES string of the molecule is O=C1/C(=C/c2c[nH]cn2)CCC2N=CC=CC12. The van der Waals surface area contributed by atoms with Gasteiger partial charge in [0.05, 0.1) is 24.0 Å². The summed E-state index contributed by atoms with van der Waals surface area (Å²) in [5.41, 5.74) is 1.68. The number of hydrogen-bond donors (Lipinski definition) is 1. The second-order valence-electron chi connectivity index (χ2n) is 4.34. The Balaban J connectivity index is 1.87. The van der Waals surface area contributed by atoms with Crippen molar-refractivity contribution in [1.82, 2.24) is 9.97 Å². The van der Waals surface area contributed by atoms with E-state index in [0.717, 1.165) is 24.1 Å². The largest absolute Gasteiger partial charge is 0.351 e. The number of rotatable bonds is 1. The van der Waals surface area contributed by atoms with Crippen molar-refractivity contribution < 1.29 is 4.79 Å². The van der Waals surface area contributed by atoms with Gasteiger partial charge in [0.15, 0.2) is 5.78 Å². The van der Waals surface area contributed by atoms with Crippen LogP contribution in [0.15, 0.2) is 35.2 Å². The van der Waals surface area contributed by atoms with Crippen molar-refractivity contribution in [2.75, 3.05) is 0 Å². The number of Topliss-reactive ketones (excluding diaryl/α,β-unsaturated/α-hetero) is 1. The quantitative estimate of drug-likeness (QED) is 0.743. The van der Waals surface area contributed by atoms with Crippen LogP contribution in [0.1, 0.15) is 18.5 Å². The number of nitrogens with one attached hydrogen (secondary N) is 1. The molecule has 2 atom stereocenters. The van der Waals surface area contributed by atoms with Crippen molar-refractivity contribution in [2.45, 2.75) is 18.9 Å². The first-order chi connectivity index (χ1) is 8.34. The molecule has 1 N–H and O–H groups in total. The standard InChI is InChI=1S/C13H13N3O/c17-13-9(6-10-7-14-8-16-10)3-4-12-11(13)2-1-5-15-12/h1-2,5-8,11-12H,3-4H2,(H,14,16)/b9-6+. The fourth-order valence-corrected chi connectivity index (χ4v) is 2.38. The number of imidazole rings is 1. The number of H-pyrrole nitrogens is 1. The van der Waals surface area contributed by atoms with E-state index < -0.39 is 0 Å². The van der Waals surface area contributed by atoms with Gasteiger partial charge in [0.25, 0.3) is 0 Å². The number of aromatic amines is 1. The smallest absolute Gasteiger partial charge is 0.167 e. The van der Waals surface area contributed by atoms with Gasteiger partial charge in [-0.3, -0.25) is 9.79 Å². The summed E-state index contributed by atoms with van der Waals surface area (Å²) in [6.07, 6.45) is 12.6. The molecule has 4 nitrogen and oxygen atoms in total. The Kier molecular flexibility index (Phi) is 2.48. The molecule has 0 saturated heterocycles. The summed E-state index contributed by atoms with van der Waals surface area (Å²) in [5, 5.41) is 0. The third kappa shape index (κ3) is 1.86. The molecule has 1 aromatic rings. The van der Waals surface area contributed by atoms with Gasteiger partial charge >= 0.3 is 0 Å². The lowest BCUT2D eigenvalue weighted by molar-refractivity contribution is -0.119. The van der Waals surface area contributed by atoms with Crippen molar-refractivity contribution in [3.8, 4) is 0 Å². The van der Waals surface area contributed by atoms with Gasteiger partial charge in [-0.2, -0.15) is 0 Å². The van der Waals surface area contributed by atoms with Crippen LogP contribution in [-0.2, 0) is 4.79 Å². The number of carbonyl (C=O) groups excluding carboxylic acids is 1. The molecule has 1 aliphatic heterocycles. The van der Waals surface area contributed by atoms with Crippen LogP contribution in [0, 0.1) is 5.92 Å². The highest BCUT2D eigenvalue weighted by molar-refractivity contribution is 6.03. The summed E-state index contributed by atoms with van der Waals surface area (Å²) in [7, 11) is 0. The molecule has 0 bridgehead atoms. The fraction of sp³-hybridized carbons (Fsp3) is 0.308. The van der Waals surface area contributed by atoms with Gasteiger partial charge < -0.3 is 4.98 Å². The van der Waals surface area contributed by atoms with Crippen molar-refractivity contribution in [2.24, 2.45) is 10.9 Å². The molecule has 0 amide bonds. The Morgan fingerprint density at radius 1 is 1.47 bits per heavy atom. The lowest BCUT2D eigenvalue weighted by Gasteiger charge is -2.28. The van der Waals surface area contributed by atoms with E-state index in [9.17, 15) is 4.79 Å². The topological polar surface area (TPSA) is 58.1 Å². The zero-order valence-corrected chi connectivity index (χ0v) is 9.34. The highest BCUT2D eigenvalue weighted by Crippen LogP contribution is 2.31. The first kappa shape index (κ1) is 10.2. The number of carbonyl (C=O) groups is 1. The Hall–Kier alpha value is -1.97. The molecule has 86 valence electrons. The minimum atomic E-state index is -0.0704. The van der Waals surface area contributed by atoms with Crippen LogP contribution in [0.3, 0.4) is 0 Å². The predicted molar refractivity (Wildman–Crippen MR) is 65.7 cm³/mol. The van der Waals surface area contributed by atoms with Gasteiger partial charge in [-0.15, -0.1) is 0 Å². The molecule has 2 heterocycles. The van der Waals surface area contributed by atoms with E-state index in [2.05, 4.69) is 15.0 Å². The number of ketones is 1. The molecule has 3 rings (SSSR count). The van der Waals surface area contributed by atoms with E-state index in [-0.39, 0.29) is 17.7 Å². The van der Waals surface area contributed by atoms with Gasteiger partial charge in [0.2, 0.25) is 0 Å². The summed E-state index contributed by atoms with van der Waals surface area (Å²) in [6, 6.07) is 0.142. The predicted octanol–water partition coefficient (Wildman–Crippen LogP) is 1.78. The van der Waals surface area contributed by atoms with Gasteiger partial charge in [0, 0.05) is 12.4 Å². The summed E-state index contributed by atoms with van der Waals surface area (Å²) in [6.45, 7) is 0. The molecule has 1 aliphatic carbocycles. The summed E-state index contributed by atoms with van der Waals surface area (Å²) >= 11 is 0. The molecule has 0 radical (unpaired) electrons. The van der Waals surface area contributed by atoms with Crippen LogP contribution >= 0.6 is 0 Å². The van der Waals surface area contributed by atoms with Gasteiger partial charge in [0.1, 0.15) is 0 Å². The number of hydrogen-bond acceptors (Lipinski definition) is 3. The maximum Gasteiger partial charge on any atom is 0.167 e. The van der Waals surface area contributed by atoms with Gasteiger partial charge in [-0.05, 0) is 30.6 Å². The minimum absolute atomic E-state index is 0.0704. The monoisotopic (exact) mass is 227 g/mol. The molecule has 2 aliphatic rings. The maximum atomic E-state index is 12.3. The molecule has 0 aromatic carbocycles. The van der Waals surface area contributed by atoms with Gasteiger partial charge in [-0.1, -0.05) is 6.08 Å². The van der Waals surface area contributed by atoms with Crippen LogP contribution in [0.25, 0.3) is 6.08 Å². The minimum Gasteiger partial charge on any atom is -0.351 e. The second-order valence-corrected chi connectivity index (χ2v) is 4.34. The molecule has 1 aromatic heterocycles. The number of aromatic nitrogens is 2. The van der Waals surface area contributed by atoms with E-state index in [1.807, 2.05) is 18.2 Å². The van der Waals surface area contributed by atoms with Crippen LogP contribution in [0.2, 0.25) is 0 Å². The highest BCUT2D eigenvalue weighted by Gasteiger charge is 2.33. The highest BCUT2D eigenvalue weighted by atomic mass is 16.1. The zero-order chi connectivity index (χ0) is 11.7. The Morgan fingerprint density at radius 2 is 2.41 bits per heavy atom. The van der Waals surface area contributed by atoms with E-state index in [0.29, 0.717) is 0 Å². The molecular weight excluding hydrogens is 214 g/mol. The average molecular weight is 227 g/mol. The van der Waals surface area contributed by atoms with E-state index in [4.69, 9.17) is 0 Å². The van der Waals surface area contributed by atoms with Crippen LogP contribution < -0.4 is 0 Å². The number of dihydropyridines is 1. The van der Waals surface area contributed by atoms with Crippen molar-refractivity contribution in [3.63, 3.8) is 0 Å². The summed E-state index contributed by atoms with van der Waals surface area (Å²) in [5.74, 6) is 0.122. The first-order valence-electron chi connectivity index (χ1n) is 5.78. The van der Waals surface area contributed by atoms with Crippen molar-refractivity contribution >= 4 is 18.1 Å². The van der Waals surface area contributed by atoms with Crippen LogP contribution in [-0.4, -0.2) is 28.0 Å². The van der Waals surface area contributed by atoms with Crippen molar-refractivity contribution in [1.29, 1.82) is 0 Å². The van der Waals surface area contributed by atoms with E-state index in [1.165, 1.54) is 0 Å². The maximum absolute atomic E-state index is 12.3. The molecule has 1 fully saturated rings. The molecule has 1 saturated carbocycles. The first-order valence-corrected chi connectivity index (χ1v) is 5.78. The lowest BCUT2D eigenvalue weighted by atomic mass is 9.79. The molecule has 4 heteroatoms. The van der Waals surface area contributed by atoms with Crippen molar-refractivity contribution in [3.05, 3.63) is 35.9 Å². The number of fused-ring (bicyclic) bond motifs is 1. The Labute approximate surface area is 99.2 Å². The van der Waals surface area contributed by atoms with Crippen LogP contribution in [0.5, 0.6) is 0 Å². The Morgan fingerprint density at radius 3 is 3.24 bits per heavy atom. The average Bonchev–Trinajstić information content (AvgIpc) is 2.86. The van der Waals surface area contributed by atoms with Gasteiger partial charge in [-0.25, -0.2) is 4.98 Å².